The summed E-state index contributed by atoms with van der Waals surface area (Å²) >= 11 is 0. The molecule has 0 bridgehead atoms. The number of hydrogen-bond acceptors (Lipinski definition) is 3. The van der Waals surface area contributed by atoms with E-state index < -0.39 is 23.6 Å². The van der Waals surface area contributed by atoms with Gasteiger partial charge in [-0.3, -0.25) is 4.79 Å². The Bertz CT molecular complexity index is 295. The Balaban J connectivity index is 2.63. The molecule has 0 aromatic heterocycles. The molecule has 92 valence electrons. The van der Waals surface area contributed by atoms with Gasteiger partial charge in [-0.2, -0.15) is 0 Å². The summed E-state index contributed by atoms with van der Waals surface area (Å²) in [5.41, 5.74) is -0.544. The van der Waals surface area contributed by atoms with Crippen LogP contribution in [0.1, 0.15) is 34.1 Å². The highest BCUT2D eigenvalue weighted by atomic mass is 16.6. The molecule has 0 aliphatic carbocycles. The fraction of sp³-hybridized carbons (Fsp3) is 0.818. The van der Waals surface area contributed by atoms with Crippen molar-refractivity contribution in [2.45, 2.75) is 45.8 Å². The number of carbonyl (C=O) groups excluding carboxylic acids is 1. The summed E-state index contributed by atoms with van der Waals surface area (Å²) in [6.07, 6.45) is 0.0687. The minimum absolute atomic E-state index is 0.299. The summed E-state index contributed by atoms with van der Waals surface area (Å²) < 4.78 is 5.21. The largest absolute Gasteiger partial charge is 0.481 e. The highest BCUT2D eigenvalue weighted by Gasteiger charge is 2.39. The first kappa shape index (κ1) is 12.8. The topological polar surface area (TPSA) is 66.8 Å². The van der Waals surface area contributed by atoms with Gasteiger partial charge in [-0.25, -0.2) is 4.79 Å². The van der Waals surface area contributed by atoms with Crippen LogP contribution in [0, 0.1) is 5.92 Å². The summed E-state index contributed by atoms with van der Waals surface area (Å²) in [7, 11) is 0. The molecule has 1 aliphatic heterocycles. The second-order valence-corrected chi connectivity index (χ2v) is 5.15. The summed E-state index contributed by atoms with van der Waals surface area (Å²) in [4.78, 5) is 24.1. The summed E-state index contributed by atoms with van der Waals surface area (Å²) in [6, 6.07) is -0.299. The Labute approximate surface area is 95.4 Å². The maximum atomic E-state index is 11.8. The molecule has 0 aromatic carbocycles. The number of nitrogens with zero attached hydrogens (tertiary/aromatic N) is 1. The van der Waals surface area contributed by atoms with Crippen LogP contribution in [0.4, 0.5) is 4.79 Å². The maximum Gasteiger partial charge on any atom is 0.410 e. The van der Waals surface area contributed by atoms with E-state index in [1.54, 1.807) is 27.7 Å². The van der Waals surface area contributed by atoms with E-state index in [0.29, 0.717) is 13.0 Å². The van der Waals surface area contributed by atoms with Crippen LogP contribution in [0.2, 0.25) is 0 Å². The van der Waals surface area contributed by atoms with Crippen LogP contribution >= 0.6 is 0 Å². The third-order valence-electron chi connectivity index (χ3n) is 2.70. The van der Waals surface area contributed by atoms with Gasteiger partial charge >= 0.3 is 12.1 Å². The van der Waals surface area contributed by atoms with Gasteiger partial charge in [0.2, 0.25) is 0 Å². The van der Waals surface area contributed by atoms with Crippen molar-refractivity contribution in [1.82, 2.24) is 4.90 Å². The van der Waals surface area contributed by atoms with Crippen LogP contribution in [-0.2, 0) is 9.53 Å². The smallest absolute Gasteiger partial charge is 0.410 e. The van der Waals surface area contributed by atoms with E-state index in [1.807, 2.05) is 0 Å². The number of hydrogen-bond donors (Lipinski definition) is 1. The van der Waals surface area contributed by atoms with Gasteiger partial charge in [0, 0.05) is 12.6 Å². The number of likely N-dealkylation sites (tertiary alicyclic amines) is 1. The van der Waals surface area contributed by atoms with Crippen molar-refractivity contribution in [3.63, 3.8) is 0 Å². The van der Waals surface area contributed by atoms with E-state index in [-0.39, 0.29) is 6.04 Å². The number of carboxylic acids is 1. The third-order valence-corrected chi connectivity index (χ3v) is 2.70. The Morgan fingerprint density at radius 1 is 1.38 bits per heavy atom. The van der Waals surface area contributed by atoms with Crippen molar-refractivity contribution in [3.8, 4) is 0 Å². The van der Waals surface area contributed by atoms with Gasteiger partial charge in [-0.1, -0.05) is 0 Å². The van der Waals surface area contributed by atoms with E-state index in [2.05, 4.69) is 0 Å². The van der Waals surface area contributed by atoms with E-state index >= 15 is 0 Å². The van der Waals surface area contributed by atoms with Crippen LogP contribution in [-0.4, -0.2) is 40.3 Å². The molecule has 1 fully saturated rings. The lowest BCUT2D eigenvalue weighted by Crippen LogP contribution is -2.41. The quantitative estimate of drug-likeness (QED) is 0.743. The lowest BCUT2D eigenvalue weighted by atomic mass is 10.0. The molecular formula is C11H19NO4. The first-order chi connectivity index (χ1) is 7.22. The summed E-state index contributed by atoms with van der Waals surface area (Å²) in [6.45, 7) is 7.57. The molecule has 16 heavy (non-hydrogen) atoms. The minimum Gasteiger partial charge on any atom is -0.481 e. The van der Waals surface area contributed by atoms with Gasteiger partial charge in [0.05, 0.1) is 5.92 Å². The molecule has 1 heterocycles. The van der Waals surface area contributed by atoms with Crippen LogP contribution in [0.3, 0.4) is 0 Å². The summed E-state index contributed by atoms with van der Waals surface area (Å²) in [5.74, 6) is -1.33. The molecule has 1 aliphatic rings. The predicted octanol–water partition coefficient (Wildman–Crippen LogP) is 1.72. The Hall–Kier alpha value is -1.26. The van der Waals surface area contributed by atoms with Gasteiger partial charge < -0.3 is 14.7 Å². The number of ether oxygens (including phenoxy) is 1. The molecule has 0 radical (unpaired) electrons. The number of aliphatic carboxylic acids is 1. The summed E-state index contributed by atoms with van der Waals surface area (Å²) in [5, 5.41) is 8.94. The number of carbonyl (C=O) groups is 2. The van der Waals surface area contributed by atoms with Crippen molar-refractivity contribution >= 4 is 12.1 Å². The normalized spacial score (nSPS) is 25.6. The van der Waals surface area contributed by atoms with E-state index in [9.17, 15) is 9.59 Å². The van der Waals surface area contributed by atoms with Gasteiger partial charge in [0.1, 0.15) is 5.60 Å². The molecule has 1 saturated heterocycles. The molecule has 5 heteroatoms. The molecule has 0 unspecified atom stereocenters. The zero-order chi connectivity index (χ0) is 12.5. The predicted molar refractivity (Wildman–Crippen MR) is 58.1 cm³/mol. The lowest BCUT2D eigenvalue weighted by molar-refractivity contribution is -0.142. The number of amides is 1. The fourth-order valence-electron chi connectivity index (χ4n) is 1.85. The van der Waals surface area contributed by atoms with Crippen LogP contribution in [0.15, 0.2) is 0 Å². The highest BCUT2D eigenvalue weighted by molar-refractivity contribution is 5.75. The molecule has 5 nitrogen and oxygen atoms in total. The van der Waals surface area contributed by atoms with Crippen molar-refractivity contribution in [2.24, 2.45) is 5.92 Å². The van der Waals surface area contributed by atoms with E-state index in [0.717, 1.165) is 0 Å². The Morgan fingerprint density at radius 2 is 1.94 bits per heavy atom. The second kappa shape index (κ2) is 4.31. The van der Waals surface area contributed by atoms with Gasteiger partial charge in [0.25, 0.3) is 0 Å². The van der Waals surface area contributed by atoms with Crippen molar-refractivity contribution in [3.05, 3.63) is 0 Å². The molecular weight excluding hydrogens is 210 g/mol. The lowest BCUT2D eigenvalue weighted by Gasteiger charge is -2.27. The number of carboxylic acid groups (broad SMARTS) is 1. The van der Waals surface area contributed by atoms with Gasteiger partial charge in [-0.05, 0) is 34.1 Å². The van der Waals surface area contributed by atoms with Crippen LogP contribution in [0.5, 0.6) is 0 Å². The highest BCUT2D eigenvalue weighted by Crippen LogP contribution is 2.26. The van der Waals surface area contributed by atoms with Crippen molar-refractivity contribution in [2.75, 3.05) is 6.54 Å². The number of rotatable bonds is 1. The maximum absolute atomic E-state index is 11.8. The second-order valence-electron chi connectivity index (χ2n) is 5.15. The average molecular weight is 229 g/mol. The molecule has 0 spiro atoms. The van der Waals surface area contributed by atoms with E-state index in [4.69, 9.17) is 9.84 Å². The van der Waals surface area contributed by atoms with Crippen molar-refractivity contribution < 1.29 is 19.4 Å². The zero-order valence-electron chi connectivity index (χ0n) is 10.2. The van der Waals surface area contributed by atoms with Crippen molar-refractivity contribution in [1.29, 1.82) is 0 Å². The SMILES string of the molecule is C[C@@H]1[C@@H](C(=O)O)CCN1C(=O)OC(C)(C)C. The monoisotopic (exact) mass is 229 g/mol. The Kier molecular flexibility index (Phi) is 3.45. The third kappa shape index (κ3) is 2.87. The molecule has 1 rings (SSSR count). The minimum atomic E-state index is -0.849. The van der Waals surface area contributed by atoms with Gasteiger partial charge in [-0.15, -0.1) is 0 Å². The molecule has 2 atom stereocenters. The standard InChI is InChI=1S/C11H19NO4/c1-7-8(9(13)14)5-6-12(7)10(15)16-11(2,3)4/h7-8H,5-6H2,1-4H3,(H,13,14)/t7-,8+/m1/s1. The molecule has 1 amide bonds. The van der Waals surface area contributed by atoms with Gasteiger partial charge in [0.15, 0.2) is 0 Å². The van der Waals surface area contributed by atoms with E-state index in [1.165, 1.54) is 4.90 Å². The average Bonchev–Trinajstić information content (AvgIpc) is 2.43. The molecule has 0 saturated carbocycles. The van der Waals surface area contributed by atoms with Crippen LogP contribution < -0.4 is 0 Å². The molecule has 1 N–H and O–H groups in total. The molecule has 0 aromatic rings. The fourth-order valence-corrected chi connectivity index (χ4v) is 1.85. The Morgan fingerprint density at radius 3 is 2.31 bits per heavy atom. The van der Waals surface area contributed by atoms with Crippen LogP contribution in [0.25, 0.3) is 0 Å². The first-order valence-corrected chi connectivity index (χ1v) is 5.45. The zero-order valence-corrected chi connectivity index (χ0v) is 10.2. The first-order valence-electron chi connectivity index (χ1n) is 5.45.